The molecule has 0 fully saturated rings. The first kappa shape index (κ1) is 12.5. The quantitative estimate of drug-likeness (QED) is 0.596. The van der Waals surface area contributed by atoms with Crippen molar-refractivity contribution in [1.29, 1.82) is 0 Å². The Morgan fingerprint density at radius 1 is 1.23 bits per heavy atom. The molecule has 0 spiro atoms. The minimum Gasteiger partial charge on any atom is -0.466 e. The summed E-state index contributed by atoms with van der Waals surface area (Å²) in [7, 11) is 0. The van der Waals surface area contributed by atoms with Gasteiger partial charge in [-0.15, -0.1) is 0 Å². The molecule has 0 saturated heterocycles. The van der Waals surface area contributed by atoms with Gasteiger partial charge in [-0.25, -0.2) is 0 Å². The Morgan fingerprint density at radius 2 is 1.85 bits per heavy atom. The average molecular weight is 186 g/mol. The second-order valence-corrected chi connectivity index (χ2v) is 3.98. The van der Waals surface area contributed by atoms with Crippen molar-refractivity contribution in [3.8, 4) is 0 Å². The summed E-state index contributed by atoms with van der Waals surface area (Å²) >= 11 is 0. The Bertz CT molecular complexity index is 141. The zero-order valence-corrected chi connectivity index (χ0v) is 9.30. The average Bonchev–Trinajstić information content (AvgIpc) is 2.04. The van der Waals surface area contributed by atoms with E-state index in [4.69, 9.17) is 4.74 Å². The number of hydrogen-bond donors (Lipinski definition) is 0. The van der Waals surface area contributed by atoms with Crippen LogP contribution in [-0.2, 0) is 9.53 Å². The van der Waals surface area contributed by atoms with Crippen molar-refractivity contribution in [3.63, 3.8) is 0 Å². The maximum atomic E-state index is 11.2. The predicted molar refractivity (Wildman–Crippen MR) is 54.5 cm³/mol. The van der Waals surface area contributed by atoms with Crippen molar-refractivity contribution in [2.75, 3.05) is 6.61 Å². The predicted octanol–water partition coefficient (Wildman–Crippen LogP) is 3.01. The van der Waals surface area contributed by atoms with E-state index in [-0.39, 0.29) is 11.9 Å². The highest BCUT2D eigenvalue weighted by Gasteiger charge is 2.12. The van der Waals surface area contributed by atoms with E-state index in [0.29, 0.717) is 6.61 Å². The standard InChI is InChI=1S/C11H22O2/c1-5-13-11(12)10(4)8-6-7-9(2)3/h9-10H,5-8H2,1-4H3. The zero-order chi connectivity index (χ0) is 10.3. The molecule has 0 aliphatic rings. The Hall–Kier alpha value is -0.530. The molecule has 0 heterocycles. The van der Waals surface area contributed by atoms with Gasteiger partial charge >= 0.3 is 5.97 Å². The highest BCUT2D eigenvalue weighted by molar-refractivity contribution is 5.71. The molecule has 0 aromatic heterocycles. The normalized spacial score (nSPS) is 13.0. The number of ether oxygens (including phenoxy) is 1. The van der Waals surface area contributed by atoms with E-state index in [1.807, 2.05) is 13.8 Å². The largest absolute Gasteiger partial charge is 0.466 e. The van der Waals surface area contributed by atoms with Crippen molar-refractivity contribution in [3.05, 3.63) is 0 Å². The van der Waals surface area contributed by atoms with Crippen LogP contribution in [0, 0.1) is 11.8 Å². The van der Waals surface area contributed by atoms with Crippen LogP contribution in [0.5, 0.6) is 0 Å². The van der Waals surface area contributed by atoms with Gasteiger partial charge in [-0.05, 0) is 19.3 Å². The fourth-order valence-electron chi connectivity index (χ4n) is 1.23. The van der Waals surface area contributed by atoms with Crippen LogP contribution < -0.4 is 0 Å². The molecule has 0 amide bonds. The summed E-state index contributed by atoms with van der Waals surface area (Å²) in [5, 5.41) is 0. The summed E-state index contributed by atoms with van der Waals surface area (Å²) in [5.74, 6) is 0.749. The maximum absolute atomic E-state index is 11.2. The van der Waals surface area contributed by atoms with Crippen LogP contribution >= 0.6 is 0 Å². The summed E-state index contributed by atoms with van der Waals surface area (Å²) in [5.41, 5.74) is 0. The lowest BCUT2D eigenvalue weighted by Crippen LogP contribution is -2.14. The molecule has 0 aromatic carbocycles. The molecule has 0 radical (unpaired) electrons. The Balaban J connectivity index is 3.49. The van der Waals surface area contributed by atoms with Crippen molar-refractivity contribution in [2.24, 2.45) is 11.8 Å². The molecule has 0 aliphatic heterocycles. The molecule has 1 unspecified atom stereocenters. The number of carbonyl (C=O) groups excluding carboxylic acids is 1. The van der Waals surface area contributed by atoms with Crippen LogP contribution in [0.1, 0.15) is 47.0 Å². The van der Waals surface area contributed by atoms with Gasteiger partial charge in [-0.3, -0.25) is 4.79 Å². The number of rotatable bonds is 6. The van der Waals surface area contributed by atoms with Gasteiger partial charge in [0.05, 0.1) is 12.5 Å². The molecule has 0 aromatic rings. The van der Waals surface area contributed by atoms with E-state index in [2.05, 4.69) is 13.8 Å². The Morgan fingerprint density at radius 3 is 2.31 bits per heavy atom. The van der Waals surface area contributed by atoms with E-state index in [1.54, 1.807) is 0 Å². The van der Waals surface area contributed by atoms with Gasteiger partial charge in [-0.2, -0.15) is 0 Å². The molecule has 0 aliphatic carbocycles. The SMILES string of the molecule is CCOC(=O)C(C)CCCC(C)C. The van der Waals surface area contributed by atoms with Crippen LogP contribution in [0.3, 0.4) is 0 Å². The van der Waals surface area contributed by atoms with Crippen LogP contribution in [0.2, 0.25) is 0 Å². The van der Waals surface area contributed by atoms with E-state index in [0.717, 1.165) is 18.8 Å². The molecule has 0 N–H and O–H groups in total. The minimum absolute atomic E-state index is 0.0498. The topological polar surface area (TPSA) is 26.3 Å². The first-order chi connectivity index (χ1) is 6.07. The van der Waals surface area contributed by atoms with Crippen LogP contribution in [0.25, 0.3) is 0 Å². The fourth-order valence-corrected chi connectivity index (χ4v) is 1.23. The minimum atomic E-state index is -0.0498. The first-order valence-corrected chi connectivity index (χ1v) is 5.24. The number of esters is 1. The van der Waals surface area contributed by atoms with Crippen LogP contribution in [-0.4, -0.2) is 12.6 Å². The molecule has 0 saturated carbocycles. The summed E-state index contributed by atoms with van der Waals surface area (Å²) < 4.78 is 4.92. The maximum Gasteiger partial charge on any atom is 0.308 e. The molecule has 78 valence electrons. The van der Waals surface area contributed by atoms with Crippen LogP contribution in [0.4, 0.5) is 0 Å². The van der Waals surface area contributed by atoms with Crippen molar-refractivity contribution in [2.45, 2.75) is 47.0 Å². The van der Waals surface area contributed by atoms with Crippen molar-refractivity contribution < 1.29 is 9.53 Å². The first-order valence-electron chi connectivity index (χ1n) is 5.24. The third-order valence-electron chi connectivity index (χ3n) is 2.11. The van der Waals surface area contributed by atoms with E-state index >= 15 is 0 Å². The molecule has 2 nitrogen and oxygen atoms in total. The lowest BCUT2D eigenvalue weighted by atomic mass is 10.00. The summed E-state index contributed by atoms with van der Waals surface area (Å²) in [6.45, 7) is 8.69. The lowest BCUT2D eigenvalue weighted by molar-refractivity contribution is -0.147. The fraction of sp³-hybridized carbons (Fsp3) is 0.909. The van der Waals surface area contributed by atoms with Crippen molar-refractivity contribution >= 4 is 5.97 Å². The summed E-state index contributed by atoms with van der Waals surface area (Å²) in [4.78, 5) is 11.2. The molecular weight excluding hydrogens is 164 g/mol. The Labute approximate surface area is 81.7 Å². The molecule has 13 heavy (non-hydrogen) atoms. The van der Waals surface area contributed by atoms with Crippen molar-refractivity contribution in [1.82, 2.24) is 0 Å². The Kier molecular flexibility index (Phi) is 6.65. The summed E-state index contributed by atoms with van der Waals surface area (Å²) in [6.07, 6.45) is 3.28. The molecule has 0 rings (SSSR count). The molecular formula is C11H22O2. The van der Waals surface area contributed by atoms with Gasteiger partial charge in [0, 0.05) is 0 Å². The monoisotopic (exact) mass is 186 g/mol. The van der Waals surface area contributed by atoms with E-state index < -0.39 is 0 Å². The second-order valence-electron chi connectivity index (χ2n) is 3.98. The summed E-state index contributed by atoms with van der Waals surface area (Å²) in [6, 6.07) is 0. The van der Waals surface area contributed by atoms with Gasteiger partial charge in [0.1, 0.15) is 0 Å². The number of carbonyl (C=O) groups is 1. The number of hydrogen-bond acceptors (Lipinski definition) is 2. The molecule has 1 atom stereocenters. The molecule has 0 bridgehead atoms. The van der Waals surface area contributed by atoms with Gasteiger partial charge in [0.15, 0.2) is 0 Å². The highest BCUT2D eigenvalue weighted by atomic mass is 16.5. The smallest absolute Gasteiger partial charge is 0.308 e. The van der Waals surface area contributed by atoms with E-state index in [9.17, 15) is 4.79 Å². The van der Waals surface area contributed by atoms with Gasteiger partial charge in [0.25, 0.3) is 0 Å². The van der Waals surface area contributed by atoms with E-state index in [1.165, 1.54) is 6.42 Å². The third-order valence-corrected chi connectivity index (χ3v) is 2.11. The second kappa shape index (κ2) is 6.93. The zero-order valence-electron chi connectivity index (χ0n) is 9.30. The lowest BCUT2D eigenvalue weighted by Gasteiger charge is -2.10. The third kappa shape index (κ3) is 6.62. The van der Waals surface area contributed by atoms with Crippen LogP contribution in [0.15, 0.2) is 0 Å². The van der Waals surface area contributed by atoms with Gasteiger partial charge in [-0.1, -0.05) is 33.6 Å². The molecule has 2 heteroatoms. The highest BCUT2D eigenvalue weighted by Crippen LogP contribution is 2.13. The van der Waals surface area contributed by atoms with Gasteiger partial charge < -0.3 is 4.74 Å². The van der Waals surface area contributed by atoms with Gasteiger partial charge in [0.2, 0.25) is 0 Å².